The average molecular weight is 378 g/mol. The van der Waals surface area contributed by atoms with Crippen molar-refractivity contribution in [1.29, 1.82) is 0 Å². The Morgan fingerprint density at radius 1 is 1.07 bits per heavy atom. The molecule has 1 aliphatic heterocycles. The third-order valence-corrected chi connectivity index (χ3v) is 4.84. The van der Waals surface area contributed by atoms with E-state index in [1.165, 1.54) is 0 Å². The Morgan fingerprint density at radius 3 is 2.64 bits per heavy atom. The van der Waals surface area contributed by atoms with E-state index < -0.39 is 0 Å². The number of imidazole rings is 1. The van der Waals surface area contributed by atoms with Crippen molar-refractivity contribution in [2.24, 2.45) is 0 Å². The van der Waals surface area contributed by atoms with Gasteiger partial charge in [0, 0.05) is 56.9 Å². The van der Waals surface area contributed by atoms with E-state index in [0.717, 1.165) is 17.1 Å². The summed E-state index contributed by atoms with van der Waals surface area (Å²) < 4.78 is 1.83. The van der Waals surface area contributed by atoms with Crippen LogP contribution in [-0.2, 0) is 6.54 Å². The zero-order valence-electron chi connectivity index (χ0n) is 15.4. The second kappa shape index (κ2) is 7.99. The van der Waals surface area contributed by atoms with Gasteiger partial charge in [-0.15, -0.1) is 0 Å². The number of carbonyl (C=O) groups is 1. The highest BCUT2D eigenvalue weighted by Crippen LogP contribution is 2.27. The highest BCUT2D eigenvalue weighted by atomic mass is 16.3. The van der Waals surface area contributed by atoms with E-state index in [2.05, 4.69) is 20.2 Å². The number of nitrogens with one attached hydrogen (secondary N) is 1. The third kappa shape index (κ3) is 3.75. The Hall–Kier alpha value is -3.55. The Morgan fingerprint density at radius 2 is 1.89 bits per heavy atom. The maximum absolute atomic E-state index is 12.6. The lowest BCUT2D eigenvalue weighted by Crippen LogP contribution is -2.51. The second-order valence-electron chi connectivity index (χ2n) is 6.58. The van der Waals surface area contributed by atoms with Crippen LogP contribution >= 0.6 is 0 Å². The summed E-state index contributed by atoms with van der Waals surface area (Å²) in [6, 6.07) is 11.0. The minimum absolute atomic E-state index is 0.0997. The quantitative estimate of drug-likeness (QED) is 0.725. The number of phenols is 1. The number of benzene rings is 1. The number of nitrogens with zero attached hydrogens (tertiary/aromatic N) is 5. The molecule has 8 nitrogen and oxygen atoms in total. The van der Waals surface area contributed by atoms with Crippen molar-refractivity contribution in [3.8, 4) is 11.6 Å². The minimum atomic E-state index is -0.0997. The van der Waals surface area contributed by atoms with Crippen LogP contribution in [0.3, 0.4) is 0 Å². The number of hydrogen-bond donors (Lipinski definition) is 2. The van der Waals surface area contributed by atoms with Gasteiger partial charge in [0.25, 0.3) is 0 Å². The molecular formula is C20H22N6O2. The molecule has 28 heavy (non-hydrogen) atoms. The van der Waals surface area contributed by atoms with Crippen LogP contribution < -0.4 is 10.2 Å². The normalized spacial score (nSPS) is 14.1. The van der Waals surface area contributed by atoms with Crippen molar-refractivity contribution >= 4 is 11.7 Å². The number of phenolic OH excluding ortho intramolecular Hbond substituents is 1. The first-order chi connectivity index (χ1) is 13.7. The summed E-state index contributed by atoms with van der Waals surface area (Å²) in [4.78, 5) is 24.9. The molecule has 1 saturated heterocycles. The second-order valence-corrected chi connectivity index (χ2v) is 6.58. The Balaban J connectivity index is 1.34. The van der Waals surface area contributed by atoms with Gasteiger partial charge in [0.05, 0.1) is 5.69 Å². The fourth-order valence-electron chi connectivity index (χ4n) is 3.35. The van der Waals surface area contributed by atoms with Crippen LogP contribution in [0.1, 0.15) is 5.56 Å². The maximum Gasteiger partial charge on any atom is 0.317 e. The number of rotatable bonds is 4. The number of carbonyl (C=O) groups excluding carboxylic acids is 1. The van der Waals surface area contributed by atoms with E-state index in [1.54, 1.807) is 35.8 Å². The molecular weight excluding hydrogens is 356 g/mol. The first-order valence-corrected chi connectivity index (χ1v) is 9.20. The average Bonchev–Trinajstić information content (AvgIpc) is 3.27. The van der Waals surface area contributed by atoms with E-state index in [0.29, 0.717) is 32.7 Å². The van der Waals surface area contributed by atoms with Gasteiger partial charge in [-0.05, 0) is 18.2 Å². The summed E-state index contributed by atoms with van der Waals surface area (Å²) in [5.41, 5.74) is 1.73. The zero-order valence-corrected chi connectivity index (χ0v) is 15.4. The summed E-state index contributed by atoms with van der Waals surface area (Å²) >= 11 is 0. The van der Waals surface area contributed by atoms with E-state index in [4.69, 9.17) is 0 Å². The van der Waals surface area contributed by atoms with E-state index in [1.807, 2.05) is 35.0 Å². The van der Waals surface area contributed by atoms with Crippen molar-refractivity contribution in [2.45, 2.75) is 6.54 Å². The summed E-state index contributed by atoms with van der Waals surface area (Å²) in [6.07, 6.45) is 6.93. The SMILES string of the molecule is O=C(NCc1cccnc1-n1ccnc1)N1CCN(c2ccccc2O)CC1. The number of urea groups is 1. The largest absolute Gasteiger partial charge is 0.506 e. The molecule has 1 fully saturated rings. The predicted molar refractivity (Wildman–Crippen MR) is 105 cm³/mol. The number of anilines is 1. The van der Waals surface area contributed by atoms with E-state index in [9.17, 15) is 9.90 Å². The van der Waals surface area contributed by atoms with Crippen molar-refractivity contribution in [3.63, 3.8) is 0 Å². The van der Waals surface area contributed by atoms with Crippen LogP contribution in [-0.4, -0.2) is 56.8 Å². The van der Waals surface area contributed by atoms with E-state index >= 15 is 0 Å². The molecule has 144 valence electrons. The standard InChI is InChI=1S/C20H22N6O2/c27-18-6-2-1-5-17(18)24-10-12-25(13-11-24)20(28)23-14-16-4-3-7-22-19(16)26-9-8-21-15-26/h1-9,15,27H,10-14H2,(H,23,28). The van der Waals surface area contributed by atoms with Gasteiger partial charge in [-0.1, -0.05) is 18.2 Å². The van der Waals surface area contributed by atoms with Gasteiger partial charge in [0.15, 0.2) is 0 Å². The van der Waals surface area contributed by atoms with E-state index in [-0.39, 0.29) is 11.8 Å². The molecule has 2 N–H and O–H groups in total. The summed E-state index contributed by atoms with van der Waals surface area (Å²) in [7, 11) is 0. The van der Waals surface area contributed by atoms with Crippen LogP contribution in [0.4, 0.5) is 10.5 Å². The van der Waals surface area contributed by atoms with Crippen molar-refractivity contribution in [2.75, 3.05) is 31.1 Å². The Kier molecular flexibility index (Phi) is 5.09. The molecule has 1 aliphatic rings. The van der Waals surface area contributed by atoms with Crippen molar-refractivity contribution < 1.29 is 9.90 Å². The monoisotopic (exact) mass is 378 g/mol. The molecule has 0 unspecified atom stereocenters. The highest BCUT2D eigenvalue weighted by Gasteiger charge is 2.22. The molecule has 2 amide bonds. The molecule has 3 aromatic rings. The topological polar surface area (TPSA) is 86.5 Å². The lowest BCUT2D eigenvalue weighted by molar-refractivity contribution is 0.194. The Labute approximate surface area is 163 Å². The molecule has 0 saturated carbocycles. The van der Waals surface area contributed by atoms with Gasteiger partial charge in [-0.25, -0.2) is 14.8 Å². The molecule has 4 rings (SSSR count). The molecule has 1 aromatic carbocycles. The number of piperazine rings is 1. The number of hydrogen-bond acceptors (Lipinski definition) is 5. The molecule has 0 spiro atoms. The molecule has 0 aliphatic carbocycles. The number of amides is 2. The molecule has 2 aromatic heterocycles. The van der Waals surface area contributed by atoms with Crippen LogP contribution in [0.2, 0.25) is 0 Å². The lowest BCUT2D eigenvalue weighted by Gasteiger charge is -2.36. The number of para-hydroxylation sites is 2. The fraction of sp³-hybridized carbons (Fsp3) is 0.250. The summed E-state index contributed by atoms with van der Waals surface area (Å²) in [5.74, 6) is 1.02. The maximum atomic E-state index is 12.6. The van der Waals surface area contributed by atoms with Gasteiger partial charge in [0.2, 0.25) is 0 Å². The first-order valence-electron chi connectivity index (χ1n) is 9.20. The highest BCUT2D eigenvalue weighted by molar-refractivity contribution is 5.74. The summed E-state index contributed by atoms with van der Waals surface area (Å²) in [6.45, 7) is 2.94. The lowest BCUT2D eigenvalue weighted by atomic mass is 10.2. The summed E-state index contributed by atoms with van der Waals surface area (Å²) in [5, 5.41) is 13.0. The third-order valence-electron chi connectivity index (χ3n) is 4.84. The number of aromatic nitrogens is 3. The molecule has 0 atom stereocenters. The molecule has 3 heterocycles. The van der Waals surface area contributed by atoms with Crippen LogP contribution in [0.25, 0.3) is 5.82 Å². The van der Waals surface area contributed by atoms with Crippen LogP contribution in [0.15, 0.2) is 61.3 Å². The Bertz CT molecular complexity index is 935. The van der Waals surface area contributed by atoms with Gasteiger partial charge >= 0.3 is 6.03 Å². The van der Waals surface area contributed by atoms with Crippen LogP contribution in [0, 0.1) is 0 Å². The van der Waals surface area contributed by atoms with Crippen molar-refractivity contribution in [3.05, 3.63) is 66.9 Å². The molecule has 8 heteroatoms. The van der Waals surface area contributed by atoms with Gasteiger partial charge < -0.3 is 20.2 Å². The van der Waals surface area contributed by atoms with Crippen LogP contribution in [0.5, 0.6) is 5.75 Å². The first kappa shape index (κ1) is 17.8. The van der Waals surface area contributed by atoms with Gasteiger partial charge in [-0.2, -0.15) is 0 Å². The van der Waals surface area contributed by atoms with Gasteiger partial charge in [0.1, 0.15) is 17.9 Å². The molecule has 0 bridgehead atoms. The molecule has 0 radical (unpaired) electrons. The number of pyridine rings is 1. The smallest absolute Gasteiger partial charge is 0.317 e. The van der Waals surface area contributed by atoms with Gasteiger partial charge in [-0.3, -0.25) is 4.57 Å². The van der Waals surface area contributed by atoms with Crippen molar-refractivity contribution in [1.82, 2.24) is 24.8 Å². The fourth-order valence-corrected chi connectivity index (χ4v) is 3.35. The zero-order chi connectivity index (χ0) is 19.3. The minimum Gasteiger partial charge on any atom is -0.506 e. The predicted octanol–water partition coefficient (Wildman–Crippen LogP) is 2.00. The number of aromatic hydroxyl groups is 1.